The van der Waals surface area contributed by atoms with Crippen LogP contribution in [0.4, 0.5) is 0 Å². The molecule has 0 aliphatic carbocycles. The SMILES string of the molecule is COc1ccc(C(=O)NCc2cc3ccccc3o2)cc1S(=O)(=O)NCc1ccc(Cl)cc1. The summed E-state index contributed by atoms with van der Waals surface area (Å²) in [6, 6.07) is 20.4. The molecule has 0 saturated carbocycles. The number of hydrogen-bond acceptors (Lipinski definition) is 5. The third-order valence-corrected chi connectivity index (χ3v) is 6.67. The van der Waals surface area contributed by atoms with Crippen LogP contribution in [0, 0.1) is 0 Å². The van der Waals surface area contributed by atoms with Crippen LogP contribution in [0.2, 0.25) is 5.02 Å². The van der Waals surface area contributed by atoms with Gasteiger partial charge in [-0.1, -0.05) is 41.9 Å². The first-order valence-electron chi connectivity index (χ1n) is 10.0. The summed E-state index contributed by atoms with van der Waals surface area (Å²) in [5, 5.41) is 4.25. The molecule has 2 N–H and O–H groups in total. The summed E-state index contributed by atoms with van der Waals surface area (Å²) in [5.41, 5.74) is 1.65. The number of hydrogen-bond donors (Lipinski definition) is 2. The standard InChI is InChI=1S/C24H21ClN2O5S/c1-31-22-11-8-18(24(28)26-15-20-12-17-4-2-3-5-21(17)32-20)13-23(22)33(29,30)27-14-16-6-9-19(25)10-7-16/h2-13,27H,14-15H2,1H3,(H,26,28). The fourth-order valence-electron chi connectivity index (χ4n) is 3.28. The van der Waals surface area contributed by atoms with Crippen molar-refractivity contribution in [3.8, 4) is 5.75 Å². The van der Waals surface area contributed by atoms with E-state index in [-0.39, 0.29) is 29.3 Å². The van der Waals surface area contributed by atoms with Crippen molar-refractivity contribution in [3.63, 3.8) is 0 Å². The molecule has 4 aromatic rings. The van der Waals surface area contributed by atoms with Crippen LogP contribution in [-0.2, 0) is 23.1 Å². The minimum absolute atomic E-state index is 0.0606. The highest BCUT2D eigenvalue weighted by Gasteiger charge is 2.22. The molecule has 0 bridgehead atoms. The van der Waals surface area contributed by atoms with E-state index in [2.05, 4.69) is 10.0 Å². The maximum Gasteiger partial charge on any atom is 0.251 e. The minimum atomic E-state index is -3.96. The molecule has 0 fully saturated rings. The minimum Gasteiger partial charge on any atom is -0.495 e. The predicted octanol–water partition coefficient (Wildman–Crippen LogP) is 4.50. The van der Waals surface area contributed by atoms with Gasteiger partial charge < -0.3 is 14.5 Å². The second kappa shape index (κ2) is 9.66. The average Bonchev–Trinajstić information content (AvgIpc) is 3.25. The van der Waals surface area contributed by atoms with Gasteiger partial charge in [-0.15, -0.1) is 0 Å². The van der Waals surface area contributed by atoms with Gasteiger partial charge in [0.25, 0.3) is 5.91 Å². The number of sulfonamides is 1. The van der Waals surface area contributed by atoms with Gasteiger partial charge in [-0.05, 0) is 48.0 Å². The van der Waals surface area contributed by atoms with Gasteiger partial charge in [-0.2, -0.15) is 0 Å². The van der Waals surface area contributed by atoms with Crippen molar-refractivity contribution in [2.45, 2.75) is 18.0 Å². The highest BCUT2D eigenvalue weighted by atomic mass is 35.5. The van der Waals surface area contributed by atoms with E-state index in [0.717, 1.165) is 16.5 Å². The zero-order valence-electron chi connectivity index (χ0n) is 17.7. The van der Waals surface area contributed by atoms with Crippen LogP contribution in [0.1, 0.15) is 21.7 Å². The molecule has 1 aromatic heterocycles. The van der Waals surface area contributed by atoms with Crippen molar-refractivity contribution in [3.05, 3.63) is 94.7 Å². The van der Waals surface area contributed by atoms with E-state index in [1.54, 1.807) is 24.3 Å². The number of fused-ring (bicyclic) bond motifs is 1. The summed E-state index contributed by atoms with van der Waals surface area (Å²) in [4.78, 5) is 12.6. The number of para-hydroxylation sites is 1. The molecule has 7 nitrogen and oxygen atoms in total. The van der Waals surface area contributed by atoms with Gasteiger partial charge in [0.15, 0.2) is 0 Å². The lowest BCUT2D eigenvalue weighted by Crippen LogP contribution is -2.26. The zero-order chi connectivity index (χ0) is 23.4. The maximum atomic E-state index is 12.9. The molecule has 0 atom stereocenters. The van der Waals surface area contributed by atoms with Crippen LogP contribution in [0.5, 0.6) is 5.75 Å². The quantitative estimate of drug-likeness (QED) is 0.383. The molecule has 0 aliphatic heterocycles. The Bertz CT molecular complexity index is 1370. The molecule has 33 heavy (non-hydrogen) atoms. The van der Waals surface area contributed by atoms with Crippen LogP contribution in [0.3, 0.4) is 0 Å². The molecule has 170 valence electrons. The van der Waals surface area contributed by atoms with Gasteiger partial charge in [0.05, 0.1) is 13.7 Å². The third-order valence-electron chi connectivity index (χ3n) is 4.99. The lowest BCUT2D eigenvalue weighted by Gasteiger charge is -2.13. The Morgan fingerprint density at radius 2 is 1.76 bits per heavy atom. The zero-order valence-corrected chi connectivity index (χ0v) is 19.2. The van der Waals surface area contributed by atoms with E-state index in [0.29, 0.717) is 10.8 Å². The molecule has 0 saturated heterocycles. The lowest BCUT2D eigenvalue weighted by molar-refractivity contribution is 0.0948. The molecule has 3 aromatic carbocycles. The summed E-state index contributed by atoms with van der Waals surface area (Å²) in [6.07, 6.45) is 0. The topological polar surface area (TPSA) is 97.6 Å². The molecule has 0 spiro atoms. The normalized spacial score (nSPS) is 11.5. The Morgan fingerprint density at radius 1 is 1.00 bits per heavy atom. The molecule has 0 radical (unpaired) electrons. The first-order chi connectivity index (χ1) is 15.9. The van der Waals surface area contributed by atoms with Gasteiger partial charge in [0.1, 0.15) is 22.0 Å². The molecule has 9 heteroatoms. The monoisotopic (exact) mass is 484 g/mol. The van der Waals surface area contributed by atoms with Crippen LogP contribution >= 0.6 is 11.6 Å². The van der Waals surface area contributed by atoms with Gasteiger partial charge in [0, 0.05) is 22.5 Å². The molecule has 0 aliphatic rings. The molecule has 4 rings (SSSR count). The van der Waals surface area contributed by atoms with Crippen molar-refractivity contribution >= 4 is 38.5 Å². The van der Waals surface area contributed by atoms with Gasteiger partial charge in [-0.3, -0.25) is 4.79 Å². The average molecular weight is 485 g/mol. The number of nitrogens with one attached hydrogen (secondary N) is 2. The van der Waals surface area contributed by atoms with Crippen LogP contribution in [0.25, 0.3) is 11.0 Å². The Hall–Kier alpha value is -3.33. The van der Waals surface area contributed by atoms with E-state index >= 15 is 0 Å². The van der Waals surface area contributed by atoms with E-state index < -0.39 is 15.9 Å². The van der Waals surface area contributed by atoms with Crippen molar-refractivity contribution in [1.29, 1.82) is 0 Å². The highest BCUT2D eigenvalue weighted by Crippen LogP contribution is 2.25. The van der Waals surface area contributed by atoms with E-state index in [1.807, 2.05) is 30.3 Å². The molecular formula is C24H21ClN2O5S. The number of benzene rings is 3. The molecule has 1 amide bonds. The van der Waals surface area contributed by atoms with Crippen molar-refractivity contribution in [2.24, 2.45) is 0 Å². The number of carbonyl (C=O) groups is 1. The second-order valence-corrected chi connectivity index (χ2v) is 9.42. The smallest absolute Gasteiger partial charge is 0.251 e. The largest absolute Gasteiger partial charge is 0.495 e. The van der Waals surface area contributed by atoms with Gasteiger partial charge >= 0.3 is 0 Å². The summed E-state index contributed by atoms with van der Waals surface area (Å²) in [5.74, 6) is 0.287. The first-order valence-corrected chi connectivity index (χ1v) is 11.9. The van der Waals surface area contributed by atoms with Crippen LogP contribution in [-0.4, -0.2) is 21.4 Å². The fraction of sp³-hybridized carbons (Fsp3) is 0.125. The number of amides is 1. The highest BCUT2D eigenvalue weighted by molar-refractivity contribution is 7.89. The fourth-order valence-corrected chi connectivity index (χ4v) is 4.62. The summed E-state index contributed by atoms with van der Waals surface area (Å²) < 4.78 is 39.3. The molecular weight excluding hydrogens is 464 g/mol. The Morgan fingerprint density at radius 3 is 2.48 bits per heavy atom. The van der Waals surface area contributed by atoms with E-state index in [9.17, 15) is 13.2 Å². The van der Waals surface area contributed by atoms with E-state index in [1.165, 1.54) is 25.3 Å². The van der Waals surface area contributed by atoms with Gasteiger partial charge in [-0.25, -0.2) is 13.1 Å². The number of rotatable bonds is 8. The maximum absolute atomic E-state index is 12.9. The Labute approximate surface area is 196 Å². The molecule has 0 unspecified atom stereocenters. The van der Waals surface area contributed by atoms with Crippen LogP contribution in [0.15, 0.2) is 82.1 Å². The third kappa shape index (κ3) is 5.36. The van der Waals surface area contributed by atoms with Crippen molar-refractivity contribution in [1.82, 2.24) is 10.0 Å². The first kappa shape index (κ1) is 22.8. The van der Waals surface area contributed by atoms with E-state index in [4.69, 9.17) is 20.8 Å². The molecule has 1 heterocycles. The predicted molar refractivity (Wildman–Crippen MR) is 126 cm³/mol. The number of halogens is 1. The number of ether oxygens (including phenoxy) is 1. The number of methoxy groups -OCH3 is 1. The Kier molecular flexibility index (Phi) is 6.69. The lowest BCUT2D eigenvalue weighted by atomic mass is 10.2. The van der Waals surface area contributed by atoms with Crippen LogP contribution < -0.4 is 14.8 Å². The van der Waals surface area contributed by atoms with Crippen molar-refractivity contribution in [2.75, 3.05) is 7.11 Å². The van der Waals surface area contributed by atoms with Gasteiger partial charge in [0.2, 0.25) is 10.0 Å². The number of furan rings is 1. The van der Waals surface area contributed by atoms with Crippen molar-refractivity contribution < 1.29 is 22.4 Å². The summed E-state index contributed by atoms with van der Waals surface area (Å²) >= 11 is 5.87. The Balaban J connectivity index is 1.49. The second-order valence-electron chi connectivity index (χ2n) is 7.25. The summed E-state index contributed by atoms with van der Waals surface area (Å²) in [6.45, 7) is 0.224. The summed E-state index contributed by atoms with van der Waals surface area (Å²) in [7, 11) is -2.59. The number of carbonyl (C=O) groups excluding carboxylic acids is 1.